The number of aryl methyl sites for hydroxylation is 3. The zero-order chi connectivity index (χ0) is 45.8. The first-order chi connectivity index (χ1) is 29.8. The van der Waals surface area contributed by atoms with Gasteiger partial charge in [0.1, 0.15) is 23.1 Å². The summed E-state index contributed by atoms with van der Waals surface area (Å²) in [5, 5.41) is 11.9. The topological polar surface area (TPSA) is 169 Å². The summed E-state index contributed by atoms with van der Waals surface area (Å²) in [6, 6.07) is 33.5. The predicted octanol–water partition coefficient (Wildman–Crippen LogP) is 8.27. The van der Waals surface area contributed by atoms with Crippen LogP contribution < -0.4 is 20.5 Å². The number of imidazole rings is 1. The van der Waals surface area contributed by atoms with Crippen LogP contribution >= 0.6 is 0 Å². The minimum Gasteiger partial charge on any atom is -0.478 e. The van der Waals surface area contributed by atoms with E-state index in [1.54, 1.807) is 30.5 Å². The van der Waals surface area contributed by atoms with Gasteiger partial charge in [0.05, 0.1) is 13.1 Å². The number of carbonyl (C=O) groups is 4. The zero-order valence-electron chi connectivity index (χ0n) is 37.3. The number of nitrogens with one attached hydrogen (secondary N) is 2. The summed E-state index contributed by atoms with van der Waals surface area (Å²) in [5.41, 5.74) is 2.11. The highest BCUT2D eigenvalue weighted by molar-refractivity contribution is 6.04. The van der Waals surface area contributed by atoms with Gasteiger partial charge in [-0.1, -0.05) is 84.9 Å². The summed E-state index contributed by atoms with van der Waals surface area (Å²) >= 11 is 0. The average Bonchev–Trinajstić information content (AvgIpc) is 3.71. The van der Waals surface area contributed by atoms with Gasteiger partial charge in [0, 0.05) is 11.9 Å². The van der Waals surface area contributed by atoms with E-state index < -0.39 is 34.8 Å². The number of hydrogen-bond donors (Lipinski definition) is 3. The summed E-state index contributed by atoms with van der Waals surface area (Å²) in [5.74, 6) is -0.497. The molecule has 6 rings (SSSR count). The van der Waals surface area contributed by atoms with Crippen molar-refractivity contribution in [2.75, 3.05) is 0 Å². The molecule has 1 unspecified atom stereocenters. The maximum absolute atomic E-state index is 12.7. The highest BCUT2D eigenvalue weighted by Gasteiger charge is 2.38. The van der Waals surface area contributed by atoms with Crippen LogP contribution in [0.1, 0.15) is 95.7 Å². The number of benzene rings is 4. The van der Waals surface area contributed by atoms with Crippen LogP contribution in [0.4, 0.5) is 4.79 Å². The van der Waals surface area contributed by atoms with Crippen molar-refractivity contribution in [2.24, 2.45) is 0 Å². The fraction of sp³-hybridized carbons (Fsp3) is 0.380. The Balaban J connectivity index is 0.000000240. The van der Waals surface area contributed by atoms with Gasteiger partial charge in [-0.25, -0.2) is 19.2 Å². The molecule has 4 aromatic carbocycles. The summed E-state index contributed by atoms with van der Waals surface area (Å²) < 4.78 is 18.5. The molecule has 1 fully saturated rings. The van der Waals surface area contributed by atoms with Crippen molar-refractivity contribution in [1.82, 2.24) is 19.8 Å². The fourth-order valence-electron chi connectivity index (χ4n) is 6.72. The Morgan fingerprint density at radius 2 is 1.14 bits per heavy atom. The summed E-state index contributed by atoms with van der Waals surface area (Å²) in [4.78, 5) is 64.8. The highest BCUT2D eigenvalue weighted by atomic mass is 16.6. The first-order valence-electron chi connectivity index (χ1n) is 21.3. The van der Waals surface area contributed by atoms with E-state index in [1.165, 1.54) is 18.7 Å². The maximum Gasteiger partial charge on any atom is 0.350 e. The molecule has 0 radical (unpaired) electrons. The number of carboxylic acid groups (broad SMARTS) is 1. The molecule has 1 aromatic heterocycles. The Kier molecular flexibility index (Phi) is 15.8. The number of aromatic nitrogens is 2. The first-order valence-corrected chi connectivity index (χ1v) is 21.3. The van der Waals surface area contributed by atoms with Crippen molar-refractivity contribution in [1.29, 1.82) is 0 Å². The van der Waals surface area contributed by atoms with Crippen LogP contribution in [-0.2, 0) is 51.5 Å². The molecule has 1 saturated heterocycles. The normalized spacial score (nSPS) is 14.1. The lowest BCUT2D eigenvalue weighted by atomic mass is 10.0. The number of aromatic amines is 1. The van der Waals surface area contributed by atoms with Crippen LogP contribution in [0.15, 0.2) is 120 Å². The standard InChI is InChI=1S/C27H34N2O5.C23H26N2O4/c1-26(2,3)34-24(31)27(4,5)33-21-16-14-19(15-17-21)12-9-13-22-23(30)29(25(32)28-22)18-20-10-7-6-8-11-20;1-23(2,21(26)27)29-20-13-11-17(12-14-20)9-6-10-19-16-25(22(28)24-19)15-18-7-4-3-5-8-18/h6-8,10-11,14-17,22H,9,12-13,18H2,1-5H3,(H,28,32);3-5,7-8,11-14,16H,6,9-10,15H2,1-2H3,(H,24,28)(H,26,27). The molecule has 2 heterocycles. The van der Waals surface area contributed by atoms with Gasteiger partial charge < -0.3 is 29.6 Å². The van der Waals surface area contributed by atoms with Crippen LogP contribution in [0.5, 0.6) is 11.5 Å². The minimum absolute atomic E-state index is 0.0913. The molecule has 334 valence electrons. The van der Waals surface area contributed by atoms with Gasteiger partial charge in [0.2, 0.25) is 0 Å². The Labute approximate surface area is 369 Å². The molecule has 3 N–H and O–H groups in total. The predicted molar refractivity (Wildman–Crippen MR) is 241 cm³/mol. The number of aliphatic carboxylic acids is 1. The number of amides is 3. The Hall–Kier alpha value is -6.63. The summed E-state index contributed by atoms with van der Waals surface area (Å²) in [7, 11) is 0. The van der Waals surface area contributed by atoms with E-state index in [4.69, 9.17) is 19.3 Å². The molecular weight excluding hydrogens is 801 g/mol. The molecular formula is C50H60N4O9. The number of imide groups is 1. The lowest BCUT2D eigenvalue weighted by Gasteiger charge is -2.29. The monoisotopic (exact) mass is 860 g/mol. The number of hydrogen-bond acceptors (Lipinski definition) is 8. The van der Waals surface area contributed by atoms with Gasteiger partial charge in [-0.05, 0) is 134 Å². The Morgan fingerprint density at radius 3 is 1.67 bits per heavy atom. The highest BCUT2D eigenvalue weighted by Crippen LogP contribution is 2.24. The van der Waals surface area contributed by atoms with Gasteiger partial charge >= 0.3 is 23.7 Å². The quantitative estimate of drug-likeness (QED) is 0.0580. The van der Waals surface area contributed by atoms with Gasteiger partial charge in [0.25, 0.3) is 5.91 Å². The van der Waals surface area contributed by atoms with Crippen LogP contribution in [0, 0.1) is 0 Å². The van der Waals surface area contributed by atoms with Crippen molar-refractivity contribution in [3.63, 3.8) is 0 Å². The largest absolute Gasteiger partial charge is 0.478 e. The number of ether oxygens (including phenoxy) is 3. The molecule has 0 saturated carbocycles. The maximum atomic E-state index is 12.7. The van der Waals surface area contributed by atoms with Crippen LogP contribution in [0.25, 0.3) is 0 Å². The molecule has 63 heavy (non-hydrogen) atoms. The van der Waals surface area contributed by atoms with E-state index in [-0.39, 0.29) is 24.2 Å². The zero-order valence-corrected chi connectivity index (χ0v) is 37.3. The second kappa shape index (κ2) is 21.0. The second-order valence-electron chi connectivity index (χ2n) is 17.7. The van der Waals surface area contributed by atoms with Crippen LogP contribution in [0.3, 0.4) is 0 Å². The van der Waals surface area contributed by atoms with Crippen molar-refractivity contribution in [3.8, 4) is 11.5 Å². The molecule has 3 amide bonds. The van der Waals surface area contributed by atoms with Gasteiger partial charge in [0.15, 0.2) is 11.2 Å². The Bertz CT molecular complexity index is 2350. The number of carbonyl (C=O) groups excluding carboxylic acids is 3. The summed E-state index contributed by atoms with van der Waals surface area (Å²) in [6.45, 7) is 12.7. The van der Waals surface area contributed by atoms with Gasteiger partial charge in [-0.3, -0.25) is 14.3 Å². The SMILES string of the molecule is CC(C)(C)OC(=O)C(C)(C)Oc1ccc(CCCC2NC(=O)N(Cc3ccccc3)C2=O)cc1.CC(C)(Oc1ccc(CCCc2cn(Cc3ccccc3)c(=O)[nH]2)cc1)C(=O)O. The minimum atomic E-state index is -1.26. The molecule has 0 aliphatic carbocycles. The third-order valence-electron chi connectivity index (χ3n) is 10.2. The third kappa shape index (κ3) is 14.5. The smallest absolute Gasteiger partial charge is 0.350 e. The van der Waals surface area contributed by atoms with E-state index in [2.05, 4.69) is 10.3 Å². The van der Waals surface area contributed by atoms with E-state index in [9.17, 15) is 24.0 Å². The summed E-state index contributed by atoms with van der Waals surface area (Å²) in [6.07, 6.45) is 6.50. The van der Waals surface area contributed by atoms with Crippen molar-refractivity contribution in [2.45, 2.75) is 123 Å². The number of rotatable bonds is 18. The number of H-pyrrole nitrogens is 1. The Morgan fingerprint density at radius 1 is 0.635 bits per heavy atom. The van der Waals surface area contributed by atoms with Gasteiger partial charge in [-0.15, -0.1) is 0 Å². The van der Waals surface area contributed by atoms with E-state index >= 15 is 0 Å². The molecule has 0 bridgehead atoms. The van der Waals surface area contributed by atoms with Gasteiger partial charge in [-0.2, -0.15) is 0 Å². The second-order valence-corrected chi connectivity index (χ2v) is 17.7. The van der Waals surface area contributed by atoms with E-state index in [0.717, 1.165) is 60.1 Å². The number of nitrogens with zero attached hydrogens (tertiary/aromatic N) is 2. The number of carboxylic acids is 1. The van der Waals surface area contributed by atoms with E-state index in [0.29, 0.717) is 24.5 Å². The van der Waals surface area contributed by atoms with Crippen molar-refractivity contribution < 1.29 is 38.5 Å². The van der Waals surface area contributed by atoms with Crippen LogP contribution in [0.2, 0.25) is 0 Å². The lowest BCUT2D eigenvalue weighted by Crippen LogP contribution is -2.43. The first kappa shape index (κ1) is 47.4. The fourth-order valence-corrected chi connectivity index (χ4v) is 6.72. The molecule has 1 aliphatic rings. The third-order valence-corrected chi connectivity index (χ3v) is 10.2. The van der Waals surface area contributed by atoms with Crippen molar-refractivity contribution >= 4 is 23.9 Å². The number of esters is 1. The van der Waals surface area contributed by atoms with Crippen LogP contribution in [-0.4, -0.2) is 66.3 Å². The molecule has 1 aliphatic heterocycles. The molecule has 0 spiro atoms. The van der Waals surface area contributed by atoms with Crippen molar-refractivity contribution in [3.05, 3.63) is 154 Å². The lowest BCUT2D eigenvalue weighted by molar-refractivity contribution is -0.171. The average molecular weight is 861 g/mol. The number of urea groups is 1. The van der Waals surface area contributed by atoms with E-state index in [1.807, 2.05) is 124 Å². The molecule has 13 nitrogen and oxygen atoms in total. The molecule has 13 heteroatoms. The molecule has 1 atom stereocenters. The molecule has 5 aromatic rings.